The van der Waals surface area contributed by atoms with Gasteiger partial charge in [0.1, 0.15) is 11.5 Å². The van der Waals surface area contributed by atoms with Gasteiger partial charge in [-0.05, 0) is 31.2 Å². The molecule has 0 saturated heterocycles. The molecule has 0 spiro atoms. The summed E-state index contributed by atoms with van der Waals surface area (Å²) in [7, 11) is 1.49. The Labute approximate surface area is 151 Å². The number of para-hydroxylation sites is 2. The van der Waals surface area contributed by atoms with Crippen LogP contribution in [0.5, 0.6) is 11.5 Å². The summed E-state index contributed by atoms with van der Waals surface area (Å²) in [5.41, 5.74) is 3.42. The third-order valence-electron chi connectivity index (χ3n) is 3.29. The lowest BCUT2D eigenvalue weighted by Gasteiger charge is -2.08. The van der Waals surface area contributed by atoms with Gasteiger partial charge >= 0.3 is 5.97 Å². The standard InChI is InChI=1S/C19H20N2O5/c1-3-25-18(22)13-26-16-10-6-4-8-14(16)12-20-21-19(23)15-9-5-7-11-17(15)24-2/h4-12H,3,13H2,1-2H3,(H,21,23). The molecule has 7 nitrogen and oxygen atoms in total. The maximum atomic E-state index is 12.2. The number of hydrogen-bond acceptors (Lipinski definition) is 6. The summed E-state index contributed by atoms with van der Waals surface area (Å²) in [6.07, 6.45) is 1.44. The van der Waals surface area contributed by atoms with Crippen LogP contribution < -0.4 is 14.9 Å². The maximum Gasteiger partial charge on any atom is 0.344 e. The fourth-order valence-electron chi connectivity index (χ4n) is 2.11. The van der Waals surface area contributed by atoms with Gasteiger partial charge in [0.2, 0.25) is 0 Å². The number of amides is 1. The number of nitrogens with one attached hydrogen (secondary N) is 1. The molecule has 0 aliphatic carbocycles. The second-order valence-electron chi connectivity index (χ2n) is 5.03. The Morgan fingerprint density at radius 3 is 2.50 bits per heavy atom. The van der Waals surface area contributed by atoms with E-state index in [1.165, 1.54) is 13.3 Å². The highest BCUT2D eigenvalue weighted by Gasteiger charge is 2.10. The highest BCUT2D eigenvalue weighted by molar-refractivity contribution is 5.97. The predicted octanol–water partition coefficient (Wildman–Crippen LogP) is 2.40. The van der Waals surface area contributed by atoms with Crippen LogP contribution in [0.25, 0.3) is 0 Å². The highest BCUT2D eigenvalue weighted by Crippen LogP contribution is 2.17. The predicted molar refractivity (Wildman–Crippen MR) is 96.6 cm³/mol. The molecule has 0 radical (unpaired) electrons. The third-order valence-corrected chi connectivity index (χ3v) is 3.29. The Bertz CT molecular complexity index is 789. The Hall–Kier alpha value is -3.35. The molecule has 2 aromatic rings. The molecule has 0 aliphatic heterocycles. The summed E-state index contributed by atoms with van der Waals surface area (Å²) in [4.78, 5) is 23.6. The molecule has 0 atom stereocenters. The number of rotatable bonds is 8. The molecule has 0 saturated carbocycles. The zero-order chi connectivity index (χ0) is 18.8. The number of esters is 1. The van der Waals surface area contributed by atoms with Crippen LogP contribution in [0.1, 0.15) is 22.8 Å². The number of hydrogen-bond donors (Lipinski definition) is 1. The summed E-state index contributed by atoms with van der Waals surface area (Å²) < 4.78 is 15.4. The molecule has 0 aromatic heterocycles. The Kier molecular flexibility index (Phi) is 7.17. The van der Waals surface area contributed by atoms with Crippen molar-refractivity contribution >= 4 is 18.1 Å². The average Bonchev–Trinajstić information content (AvgIpc) is 2.67. The van der Waals surface area contributed by atoms with E-state index in [1.807, 2.05) is 0 Å². The van der Waals surface area contributed by atoms with E-state index in [1.54, 1.807) is 55.5 Å². The fraction of sp³-hybridized carbons (Fsp3) is 0.211. The fourth-order valence-corrected chi connectivity index (χ4v) is 2.11. The SMILES string of the molecule is CCOC(=O)COc1ccccc1C=NNC(=O)c1ccccc1OC. The molecule has 136 valence electrons. The van der Waals surface area contributed by atoms with Gasteiger partial charge in [-0.15, -0.1) is 0 Å². The van der Waals surface area contributed by atoms with Crippen molar-refractivity contribution in [2.75, 3.05) is 20.3 Å². The summed E-state index contributed by atoms with van der Waals surface area (Å²) in [5.74, 6) is 0.0570. The number of benzene rings is 2. The first-order chi connectivity index (χ1) is 12.7. The Balaban J connectivity index is 2.02. The van der Waals surface area contributed by atoms with Crippen molar-refractivity contribution in [3.8, 4) is 11.5 Å². The highest BCUT2D eigenvalue weighted by atomic mass is 16.6. The van der Waals surface area contributed by atoms with Gasteiger partial charge in [-0.3, -0.25) is 4.79 Å². The van der Waals surface area contributed by atoms with E-state index in [-0.39, 0.29) is 6.61 Å². The van der Waals surface area contributed by atoms with E-state index in [9.17, 15) is 9.59 Å². The molecule has 0 heterocycles. The van der Waals surface area contributed by atoms with Crippen LogP contribution in [0, 0.1) is 0 Å². The Morgan fingerprint density at radius 2 is 1.77 bits per heavy atom. The minimum Gasteiger partial charge on any atom is -0.496 e. The van der Waals surface area contributed by atoms with Crippen molar-refractivity contribution in [3.05, 3.63) is 59.7 Å². The molecule has 2 aromatic carbocycles. The average molecular weight is 356 g/mol. The first-order valence-electron chi connectivity index (χ1n) is 7.99. The smallest absolute Gasteiger partial charge is 0.344 e. The number of nitrogens with zero attached hydrogens (tertiary/aromatic N) is 1. The van der Waals surface area contributed by atoms with Crippen molar-refractivity contribution in [3.63, 3.8) is 0 Å². The number of methoxy groups -OCH3 is 1. The van der Waals surface area contributed by atoms with E-state index in [0.717, 1.165) is 0 Å². The van der Waals surface area contributed by atoms with Crippen LogP contribution in [0.15, 0.2) is 53.6 Å². The van der Waals surface area contributed by atoms with Gasteiger partial charge in [-0.1, -0.05) is 24.3 Å². The summed E-state index contributed by atoms with van der Waals surface area (Å²) >= 11 is 0. The summed E-state index contributed by atoms with van der Waals surface area (Å²) in [5, 5.41) is 3.94. The minimum atomic E-state index is -0.455. The lowest BCUT2D eigenvalue weighted by molar-refractivity contribution is -0.145. The normalized spacial score (nSPS) is 10.4. The van der Waals surface area contributed by atoms with Gasteiger partial charge < -0.3 is 14.2 Å². The second kappa shape index (κ2) is 9.83. The lowest BCUT2D eigenvalue weighted by atomic mass is 10.2. The maximum absolute atomic E-state index is 12.2. The van der Waals surface area contributed by atoms with Crippen molar-refractivity contribution in [2.24, 2.45) is 5.10 Å². The molecule has 0 unspecified atom stereocenters. The van der Waals surface area contributed by atoms with Crippen molar-refractivity contribution in [1.29, 1.82) is 0 Å². The summed E-state index contributed by atoms with van der Waals surface area (Å²) in [6, 6.07) is 13.8. The third kappa shape index (κ3) is 5.34. The summed E-state index contributed by atoms with van der Waals surface area (Å²) in [6.45, 7) is 1.81. The lowest BCUT2D eigenvalue weighted by Crippen LogP contribution is -2.18. The first kappa shape index (κ1) is 19.0. The van der Waals surface area contributed by atoms with Crippen molar-refractivity contribution in [2.45, 2.75) is 6.92 Å². The number of ether oxygens (including phenoxy) is 3. The van der Waals surface area contributed by atoms with E-state index >= 15 is 0 Å². The van der Waals surface area contributed by atoms with Crippen molar-refractivity contribution < 1.29 is 23.8 Å². The zero-order valence-corrected chi connectivity index (χ0v) is 14.6. The first-order valence-corrected chi connectivity index (χ1v) is 7.99. The van der Waals surface area contributed by atoms with Crippen LogP contribution >= 0.6 is 0 Å². The van der Waals surface area contributed by atoms with Crippen LogP contribution in [0.2, 0.25) is 0 Å². The topological polar surface area (TPSA) is 86.2 Å². The van der Waals surface area contributed by atoms with Crippen LogP contribution in [-0.2, 0) is 9.53 Å². The molecular formula is C19H20N2O5. The van der Waals surface area contributed by atoms with E-state index in [2.05, 4.69) is 10.5 Å². The molecule has 0 fully saturated rings. The van der Waals surface area contributed by atoms with E-state index in [0.29, 0.717) is 29.2 Å². The van der Waals surface area contributed by atoms with Gasteiger partial charge in [-0.2, -0.15) is 5.10 Å². The molecule has 0 aliphatic rings. The van der Waals surface area contributed by atoms with Gasteiger partial charge in [-0.25, -0.2) is 10.2 Å². The number of carbonyl (C=O) groups excluding carboxylic acids is 2. The molecular weight excluding hydrogens is 336 g/mol. The van der Waals surface area contributed by atoms with Gasteiger partial charge in [0.15, 0.2) is 6.61 Å². The number of carbonyl (C=O) groups is 2. The molecule has 2 rings (SSSR count). The molecule has 0 bridgehead atoms. The Morgan fingerprint density at radius 1 is 1.08 bits per heavy atom. The van der Waals surface area contributed by atoms with Crippen LogP contribution in [-0.4, -0.2) is 38.4 Å². The molecule has 1 N–H and O–H groups in total. The van der Waals surface area contributed by atoms with E-state index < -0.39 is 11.9 Å². The van der Waals surface area contributed by atoms with Gasteiger partial charge in [0, 0.05) is 5.56 Å². The molecule has 1 amide bonds. The molecule has 26 heavy (non-hydrogen) atoms. The second-order valence-corrected chi connectivity index (χ2v) is 5.03. The van der Waals surface area contributed by atoms with Crippen LogP contribution in [0.4, 0.5) is 0 Å². The van der Waals surface area contributed by atoms with Crippen LogP contribution in [0.3, 0.4) is 0 Å². The monoisotopic (exact) mass is 356 g/mol. The quantitative estimate of drug-likeness (QED) is 0.446. The zero-order valence-electron chi connectivity index (χ0n) is 14.6. The number of hydrazone groups is 1. The van der Waals surface area contributed by atoms with Gasteiger partial charge in [0.25, 0.3) is 5.91 Å². The molecule has 7 heteroatoms. The minimum absolute atomic E-state index is 0.202. The van der Waals surface area contributed by atoms with Crippen molar-refractivity contribution in [1.82, 2.24) is 5.43 Å². The van der Waals surface area contributed by atoms with E-state index in [4.69, 9.17) is 14.2 Å². The van der Waals surface area contributed by atoms with Gasteiger partial charge in [0.05, 0.1) is 25.5 Å². The largest absolute Gasteiger partial charge is 0.496 e.